The molecule has 0 aromatic heterocycles. The summed E-state index contributed by atoms with van der Waals surface area (Å²) in [7, 11) is 0. The number of hydrogen-bond acceptors (Lipinski definition) is 5. The molecule has 0 unspecified atom stereocenters. The number of ether oxygens (including phenoxy) is 2. The molecule has 0 aliphatic heterocycles. The Morgan fingerprint density at radius 2 is 1.85 bits per heavy atom. The fraction of sp³-hybridized carbons (Fsp3) is 0.192. The molecule has 0 fully saturated rings. The lowest BCUT2D eigenvalue weighted by molar-refractivity contribution is -0.123. The van der Waals surface area contributed by atoms with Crippen molar-refractivity contribution in [2.75, 3.05) is 6.61 Å². The summed E-state index contributed by atoms with van der Waals surface area (Å²) in [5.74, 6) is 0.190. The van der Waals surface area contributed by atoms with Crippen LogP contribution in [0.4, 0.5) is 0 Å². The minimum atomic E-state index is -0.598. The number of carbonyl (C=O) groups is 2. The molecule has 0 aliphatic carbocycles. The topological polar surface area (TPSA) is 77.0 Å². The summed E-state index contributed by atoms with van der Waals surface area (Å²) in [5, 5.41) is 4.28. The molecule has 0 aliphatic rings. The number of hydrogen-bond donors (Lipinski definition) is 1. The van der Waals surface area contributed by atoms with Crippen molar-refractivity contribution >= 4 is 45.6 Å². The lowest BCUT2D eigenvalue weighted by Crippen LogP contribution is -2.25. The smallest absolute Gasteiger partial charge is 0.345 e. The van der Waals surface area contributed by atoms with Gasteiger partial charge in [0.05, 0.1) is 16.8 Å². The van der Waals surface area contributed by atoms with Crippen molar-refractivity contribution in [1.29, 1.82) is 0 Å². The van der Waals surface area contributed by atoms with Crippen LogP contribution < -0.4 is 14.9 Å². The lowest BCUT2D eigenvalue weighted by Gasteiger charge is -2.14. The molecule has 34 heavy (non-hydrogen) atoms. The van der Waals surface area contributed by atoms with E-state index in [1.165, 1.54) is 6.21 Å². The maximum Gasteiger partial charge on any atom is 0.345 e. The second-order valence-corrected chi connectivity index (χ2v) is 9.15. The quantitative estimate of drug-likeness (QED) is 0.157. The van der Waals surface area contributed by atoms with E-state index >= 15 is 0 Å². The molecule has 0 radical (unpaired) electrons. The van der Waals surface area contributed by atoms with Crippen LogP contribution in [-0.2, 0) is 4.79 Å². The minimum absolute atomic E-state index is 0.187. The van der Waals surface area contributed by atoms with Crippen LogP contribution in [-0.4, -0.2) is 24.7 Å². The van der Waals surface area contributed by atoms with Crippen molar-refractivity contribution in [2.45, 2.75) is 26.7 Å². The number of benzene rings is 3. The van der Waals surface area contributed by atoms with E-state index in [0.717, 1.165) is 15.6 Å². The minimum Gasteiger partial charge on any atom is -0.483 e. The Balaban J connectivity index is 1.65. The van der Waals surface area contributed by atoms with Gasteiger partial charge in [-0.3, -0.25) is 4.79 Å². The largest absolute Gasteiger partial charge is 0.483 e. The molecular formula is C26H24BrClN2O4. The third kappa shape index (κ3) is 6.92. The molecule has 0 saturated carbocycles. The van der Waals surface area contributed by atoms with Gasteiger partial charge in [0.15, 0.2) is 6.61 Å². The molecule has 176 valence electrons. The maximum atomic E-state index is 12.5. The number of aryl methyl sites for hydroxylation is 1. The van der Waals surface area contributed by atoms with Gasteiger partial charge in [0, 0.05) is 10.0 Å². The van der Waals surface area contributed by atoms with E-state index < -0.39 is 11.9 Å². The lowest BCUT2D eigenvalue weighted by atomic mass is 10.0. The summed E-state index contributed by atoms with van der Waals surface area (Å²) in [6.45, 7) is 5.91. The summed E-state index contributed by atoms with van der Waals surface area (Å²) >= 11 is 9.47. The second-order valence-electron chi connectivity index (χ2n) is 7.83. The molecule has 0 heterocycles. The molecule has 3 aromatic rings. The normalized spacial score (nSPS) is 11.0. The van der Waals surface area contributed by atoms with E-state index in [2.05, 4.69) is 40.3 Å². The van der Waals surface area contributed by atoms with Crippen LogP contribution in [0.1, 0.15) is 46.8 Å². The number of carbonyl (C=O) groups excluding carboxylic acids is 2. The van der Waals surface area contributed by atoms with Crippen molar-refractivity contribution < 1.29 is 19.1 Å². The Morgan fingerprint density at radius 3 is 2.59 bits per heavy atom. The standard InChI is InChI=1S/C26H24BrClN2O4/c1-16(2)20-10-8-17(3)12-24(20)33-15-25(31)30-29-14-18-13-19(27)9-11-23(18)34-26(32)21-6-4-5-7-22(21)28/h4-14,16H,15H2,1-3H3,(H,30,31)/b29-14-. The molecule has 3 rings (SSSR count). The third-order valence-corrected chi connectivity index (χ3v) is 5.63. The van der Waals surface area contributed by atoms with E-state index in [-0.39, 0.29) is 23.8 Å². The summed E-state index contributed by atoms with van der Waals surface area (Å²) in [6, 6.07) is 17.6. The Hall–Kier alpha value is -3.16. The van der Waals surface area contributed by atoms with Crippen LogP contribution in [0, 0.1) is 6.92 Å². The Bertz CT molecular complexity index is 1230. The van der Waals surface area contributed by atoms with Gasteiger partial charge in [-0.05, 0) is 60.4 Å². The molecule has 1 N–H and O–H groups in total. The molecule has 0 bridgehead atoms. The fourth-order valence-corrected chi connectivity index (χ4v) is 3.68. The zero-order chi connectivity index (χ0) is 24.7. The van der Waals surface area contributed by atoms with Gasteiger partial charge in [0.1, 0.15) is 11.5 Å². The molecule has 1 amide bonds. The second kappa shape index (κ2) is 11.8. The zero-order valence-corrected chi connectivity index (χ0v) is 21.3. The first-order valence-corrected chi connectivity index (χ1v) is 11.7. The monoisotopic (exact) mass is 542 g/mol. The zero-order valence-electron chi connectivity index (χ0n) is 19.0. The van der Waals surface area contributed by atoms with Crippen LogP contribution in [0.15, 0.2) is 70.2 Å². The van der Waals surface area contributed by atoms with E-state index in [9.17, 15) is 9.59 Å². The van der Waals surface area contributed by atoms with Crippen molar-refractivity contribution in [3.63, 3.8) is 0 Å². The van der Waals surface area contributed by atoms with Gasteiger partial charge in [-0.1, -0.05) is 65.6 Å². The van der Waals surface area contributed by atoms with Gasteiger partial charge >= 0.3 is 5.97 Å². The number of nitrogens with zero attached hydrogens (tertiary/aromatic N) is 1. The van der Waals surface area contributed by atoms with Crippen molar-refractivity contribution in [1.82, 2.24) is 5.43 Å². The molecule has 0 saturated heterocycles. The Labute approximate surface area is 212 Å². The van der Waals surface area contributed by atoms with Gasteiger partial charge in [0.25, 0.3) is 5.91 Å². The highest BCUT2D eigenvalue weighted by molar-refractivity contribution is 9.10. The first-order chi connectivity index (χ1) is 16.2. The van der Waals surface area contributed by atoms with Gasteiger partial charge < -0.3 is 9.47 Å². The van der Waals surface area contributed by atoms with Crippen LogP contribution >= 0.6 is 27.5 Å². The SMILES string of the molecule is Cc1ccc(C(C)C)c(OCC(=O)N/N=C\c2cc(Br)ccc2OC(=O)c2ccccc2Cl)c1. The predicted octanol–water partition coefficient (Wildman–Crippen LogP) is 6.28. The molecule has 0 atom stereocenters. The number of halogens is 2. The van der Waals surface area contributed by atoms with Crippen molar-refractivity contribution in [3.05, 3.63) is 92.4 Å². The van der Waals surface area contributed by atoms with Gasteiger partial charge in [0.2, 0.25) is 0 Å². The van der Waals surface area contributed by atoms with Crippen LogP contribution in [0.5, 0.6) is 11.5 Å². The molecule has 8 heteroatoms. The average Bonchev–Trinajstić information content (AvgIpc) is 2.79. The first kappa shape index (κ1) is 25.5. The molecule has 6 nitrogen and oxygen atoms in total. The summed E-state index contributed by atoms with van der Waals surface area (Å²) in [4.78, 5) is 24.8. The number of esters is 1. The third-order valence-electron chi connectivity index (χ3n) is 4.81. The van der Waals surface area contributed by atoms with Crippen molar-refractivity contribution in [3.8, 4) is 11.5 Å². The summed E-state index contributed by atoms with van der Waals surface area (Å²) < 4.78 is 12.0. The highest BCUT2D eigenvalue weighted by Crippen LogP contribution is 2.27. The molecule has 3 aromatic carbocycles. The van der Waals surface area contributed by atoms with E-state index in [1.54, 1.807) is 42.5 Å². The van der Waals surface area contributed by atoms with E-state index in [1.807, 2.05) is 25.1 Å². The van der Waals surface area contributed by atoms with Crippen LogP contribution in [0.2, 0.25) is 5.02 Å². The number of hydrazone groups is 1. The van der Waals surface area contributed by atoms with E-state index in [4.69, 9.17) is 21.1 Å². The number of amides is 1. The maximum absolute atomic E-state index is 12.5. The molecular weight excluding hydrogens is 520 g/mol. The fourth-order valence-electron chi connectivity index (χ4n) is 3.09. The van der Waals surface area contributed by atoms with Crippen LogP contribution in [0.25, 0.3) is 0 Å². The summed E-state index contributed by atoms with van der Waals surface area (Å²) in [5.41, 5.74) is 5.24. The summed E-state index contributed by atoms with van der Waals surface area (Å²) in [6.07, 6.45) is 1.39. The van der Waals surface area contributed by atoms with Gasteiger partial charge in [-0.2, -0.15) is 5.10 Å². The van der Waals surface area contributed by atoms with Crippen LogP contribution in [0.3, 0.4) is 0 Å². The molecule has 0 spiro atoms. The van der Waals surface area contributed by atoms with Gasteiger partial charge in [-0.15, -0.1) is 0 Å². The number of nitrogens with one attached hydrogen (secondary N) is 1. The Morgan fingerprint density at radius 1 is 1.09 bits per heavy atom. The Kier molecular flexibility index (Phi) is 8.85. The number of rotatable bonds is 8. The predicted molar refractivity (Wildman–Crippen MR) is 137 cm³/mol. The van der Waals surface area contributed by atoms with E-state index in [0.29, 0.717) is 16.3 Å². The average molecular weight is 544 g/mol. The van der Waals surface area contributed by atoms with Crippen molar-refractivity contribution in [2.24, 2.45) is 5.10 Å². The first-order valence-electron chi connectivity index (χ1n) is 10.6. The van der Waals surface area contributed by atoms with Gasteiger partial charge in [-0.25, -0.2) is 10.2 Å². The highest BCUT2D eigenvalue weighted by atomic mass is 79.9. The highest BCUT2D eigenvalue weighted by Gasteiger charge is 2.15.